The van der Waals surface area contributed by atoms with Gasteiger partial charge in [0.25, 0.3) is 5.91 Å². The van der Waals surface area contributed by atoms with Crippen LogP contribution in [0, 0.1) is 6.92 Å². The van der Waals surface area contributed by atoms with E-state index in [1.807, 2.05) is 66.4 Å². The quantitative estimate of drug-likeness (QED) is 0.681. The zero-order valence-corrected chi connectivity index (χ0v) is 15.2. The summed E-state index contributed by atoms with van der Waals surface area (Å²) in [6.45, 7) is 3.03. The van der Waals surface area contributed by atoms with Gasteiger partial charge >= 0.3 is 0 Å². The predicted octanol–water partition coefficient (Wildman–Crippen LogP) is 4.30. The molecule has 130 valence electrons. The molecule has 0 bridgehead atoms. The highest BCUT2D eigenvalue weighted by molar-refractivity contribution is 6.33. The summed E-state index contributed by atoms with van der Waals surface area (Å²) in [6, 6.07) is 17.0. The molecule has 0 fully saturated rings. The van der Waals surface area contributed by atoms with Crippen molar-refractivity contribution in [3.8, 4) is 11.3 Å². The fraction of sp³-hybridized carbons (Fsp3) is 0.190. The van der Waals surface area contributed by atoms with Crippen molar-refractivity contribution in [3.05, 3.63) is 82.3 Å². The van der Waals surface area contributed by atoms with E-state index in [0.717, 1.165) is 28.3 Å². The van der Waals surface area contributed by atoms with Gasteiger partial charge in [-0.05, 0) is 25.1 Å². The number of halogens is 1. The molecule has 0 saturated heterocycles. The van der Waals surface area contributed by atoms with Gasteiger partial charge in [-0.15, -0.1) is 0 Å². The summed E-state index contributed by atoms with van der Waals surface area (Å²) in [6.07, 6.45) is 0.717. The molecular formula is C21H18ClN3O. The van der Waals surface area contributed by atoms with Crippen molar-refractivity contribution in [2.45, 2.75) is 19.9 Å². The summed E-state index contributed by atoms with van der Waals surface area (Å²) in [7, 11) is 0. The van der Waals surface area contributed by atoms with Crippen LogP contribution in [-0.4, -0.2) is 27.3 Å². The highest BCUT2D eigenvalue weighted by atomic mass is 35.5. The van der Waals surface area contributed by atoms with Crippen molar-refractivity contribution in [1.82, 2.24) is 14.9 Å². The maximum atomic E-state index is 12.9. The molecular weight excluding hydrogens is 346 g/mol. The lowest BCUT2D eigenvalue weighted by Gasteiger charge is -2.30. The Morgan fingerprint density at radius 3 is 2.54 bits per heavy atom. The molecule has 0 atom stereocenters. The first-order valence-corrected chi connectivity index (χ1v) is 8.97. The highest BCUT2D eigenvalue weighted by Gasteiger charge is 2.26. The van der Waals surface area contributed by atoms with E-state index in [0.29, 0.717) is 30.1 Å². The summed E-state index contributed by atoms with van der Waals surface area (Å²) in [5.74, 6) is 0.753. The zero-order chi connectivity index (χ0) is 18.1. The Morgan fingerprint density at radius 2 is 1.77 bits per heavy atom. The molecule has 1 aliphatic rings. The van der Waals surface area contributed by atoms with Crippen LogP contribution >= 0.6 is 11.6 Å². The van der Waals surface area contributed by atoms with Crippen molar-refractivity contribution in [2.75, 3.05) is 6.54 Å². The molecule has 1 aromatic heterocycles. The largest absolute Gasteiger partial charge is 0.334 e. The van der Waals surface area contributed by atoms with Gasteiger partial charge in [-0.2, -0.15) is 0 Å². The first-order chi connectivity index (χ1) is 12.6. The lowest BCUT2D eigenvalue weighted by atomic mass is 9.98. The van der Waals surface area contributed by atoms with E-state index >= 15 is 0 Å². The molecule has 0 aliphatic carbocycles. The molecule has 3 aromatic rings. The van der Waals surface area contributed by atoms with E-state index in [4.69, 9.17) is 11.6 Å². The SMILES string of the molecule is Cc1nc2c(c(-c3ccccc3Cl)n1)CN(C(=O)c1ccccc1)CC2. The molecule has 26 heavy (non-hydrogen) atoms. The number of aromatic nitrogens is 2. The van der Waals surface area contributed by atoms with Gasteiger partial charge in [0.15, 0.2) is 0 Å². The van der Waals surface area contributed by atoms with Crippen LogP contribution in [0.15, 0.2) is 54.6 Å². The Hall–Kier alpha value is -2.72. The maximum absolute atomic E-state index is 12.9. The van der Waals surface area contributed by atoms with Gasteiger partial charge in [0.2, 0.25) is 0 Å². The molecule has 0 spiro atoms. The molecule has 1 amide bonds. The van der Waals surface area contributed by atoms with E-state index in [1.165, 1.54) is 0 Å². The monoisotopic (exact) mass is 363 g/mol. The van der Waals surface area contributed by atoms with E-state index < -0.39 is 0 Å². The maximum Gasteiger partial charge on any atom is 0.254 e. The Balaban J connectivity index is 1.75. The third-order valence-electron chi connectivity index (χ3n) is 4.61. The first-order valence-electron chi connectivity index (χ1n) is 8.59. The van der Waals surface area contributed by atoms with Gasteiger partial charge in [-0.1, -0.05) is 48.0 Å². The number of carbonyl (C=O) groups is 1. The Kier molecular flexibility index (Phi) is 4.43. The molecule has 1 aliphatic heterocycles. The summed E-state index contributed by atoms with van der Waals surface area (Å²) >= 11 is 6.41. The number of rotatable bonds is 2. The molecule has 2 aromatic carbocycles. The van der Waals surface area contributed by atoms with Gasteiger partial charge < -0.3 is 4.90 Å². The molecule has 0 saturated carbocycles. The normalized spacial score (nSPS) is 13.4. The van der Waals surface area contributed by atoms with Gasteiger partial charge in [0, 0.05) is 41.2 Å². The van der Waals surface area contributed by atoms with Gasteiger partial charge in [-0.3, -0.25) is 4.79 Å². The fourth-order valence-electron chi connectivity index (χ4n) is 3.35. The summed E-state index contributed by atoms with van der Waals surface area (Å²) in [5, 5.41) is 0.652. The Labute approximate surface area is 157 Å². The summed E-state index contributed by atoms with van der Waals surface area (Å²) < 4.78 is 0. The minimum absolute atomic E-state index is 0.0296. The number of carbonyl (C=O) groups excluding carboxylic acids is 1. The standard InChI is InChI=1S/C21H18ClN3O/c1-14-23-19-11-12-25(21(26)15-7-3-2-4-8-15)13-17(19)20(24-14)16-9-5-6-10-18(16)22/h2-10H,11-13H2,1H3. The number of amides is 1. The minimum Gasteiger partial charge on any atom is -0.334 e. The minimum atomic E-state index is 0.0296. The Morgan fingerprint density at radius 1 is 1.04 bits per heavy atom. The number of hydrogen-bond donors (Lipinski definition) is 0. The van der Waals surface area contributed by atoms with E-state index in [2.05, 4.69) is 9.97 Å². The number of benzene rings is 2. The number of nitrogens with zero attached hydrogens (tertiary/aromatic N) is 3. The second kappa shape index (κ2) is 6.89. The fourth-order valence-corrected chi connectivity index (χ4v) is 3.58. The van der Waals surface area contributed by atoms with Gasteiger partial charge in [-0.25, -0.2) is 9.97 Å². The second-order valence-corrected chi connectivity index (χ2v) is 6.77. The Bertz CT molecular complexity index is 972. The lowest BCUT2D eigenvalue weighted by Crippen LogP contribution is -2.37. The van der Waals surface area contributed by atoms with Gasteiger partial charge in [0.05, 0.1) is 11.4 Å². The molecule has 5 heteroatoms. The number of aryl methyl sites for hydroxylation is 1. The van der Waals surface area contributed by atoms with Crippen LogP contribution in [0.2, 0.25) is 5.02 Å². The van der Waals surface area contributed by atoms with Crippen molar-refractivity contribution >= 4 is 17.5 Å². The van der Waals surface area contributed by atoms with Crippen LogP contribution in [-0.2, 0) is 13.0 Å². The smallest absolute Gasteiger partial charge is 0.254 e. The second-order valence-electron chi connectivity index (χ2n) is 6.37. The average Bonchev–Trinajstić information content (AvgIpc) is 2.67. The first kappa shape index (κ1) is 16.7. The molecule has 4 rings (SSSR count). The highest BCUT2D eigenvalue weighted by Crippen LogP contribution is 2.32. The molecule has 0 radical (unpaired) electrons. The summed E-state index contributed by atoms with van der Waals surface area (Å²) in [4.78, 5) is 24.0. The van der Waals surface area contributed by atoms with Crippen LogP contribution in [0.5, 0.6) is 0 Å². The zero-order valence-electron chi connectivity index (χ0n) is 14.4. The lowest BCUT2D eigenvalue weighted by molar-refractivity contribution is 0.0733. The van der Waals surface area contributed by atoms with Crippen LogP contribution in [0.4, 0.5) is 0 Å². The van der Waals surface area contributed by atoms with Crippen LogP contribution in [0.25, 0.3) is 11.3 Å². The van der Waals surface area contributed by atoms with Crippen molar-refractivity contribution in [1.29, 1.82) is 0 Å². The van der Waals surface area contributed by atoms with Gasteiger partial charge in [0.1, 0.15) is 5.82 Å². The topological polar surface area (TPSA) is 46.1 Å². The van der Waals surface area contributed by atoms with E-state index in [1.54, 1.807) is 0 Å². The van der Waals surface area contributed by atoms with Crippen molar-refractivity contribution in [3.63, 3.8) is 0 Å². The average molecular weight is 364 g/mol. The number of fused-ring (bicyclic) bond motifs is 1. The predicted molar refractivity (Wildman–Crippen MR) is 102 cm³/mol. The number of hydrogen-bond acceptors (Lipinski definition) is 3. The summed E-state index contributed by atoms with van der Waals surface area (Å²) in [5.41, 5.74) is 4.39. The van der Waals surface area contributed by atoms with Crippen molar-refractivity contribution in [2.24, 2.45) is 0 Å². The molecule has 4 nitrogen and oxygen atoms in total. The third kappa shape index (κ3) is 3.08. The molecule has 0 unspecified atom stereocenters. The van der Waals surface area contributed by atoms with E-state index in [-0.39, 0.29) is 5.91 Å². The van der Waals surface area contributed by atoms with Crippen LogP contribution in [0.3, 0.4) is 0 Å². The van der Waals surface area contributed by atoms with Crippen LogP contribution in [0.1, 0.15) is 27.4 Å². The molecule has 0 N–H and O–H groups in total. The van der Waals surface area contributed by atoms with Crippen LogP contribution < -0.4 is 0 Å². The molecule has 2 heterocycles. The van der Waals surface area contributed by atoms with Crippen molar-refractivity contribution < 1.29 is 4.79 Å². The third-order valence-corrected chi connectivity index (χ3v) is 4.94. The van der Waals surface area contributed by atoms with E-state index in [9.17, 15) is 4.79 Å².